The fourth-order valence-electron chi connectivity index (χ4n) is 1.93. The molecule has 0 fully saturated rings. The first kappa shape index (κ1) is 10.7. The minimum Gasteiger partial charge on any atom is -0.289 e. The lowest BCUT2D eigenvalue weighted by Gasteiger charge is -2.17. The Hall–Kier alpha value is -1.77. The average molecular weight is 215 g/mol. The van der Waals surface area contributed by atoms with Gasteiger partial charge in [0, 0.05) is 11.3 Å². The summed E-state index contributed by atoms with van der Waals surface area (Å²) in [5, 5.41) is 0. The van der Waals surface area contributed by atoms with Crippen molar-refractivity contribution in [2.24, 2.45) is 0 Å². The van der Waals surface area contributed by atoms with Crippen LogP contribution in [0, 0.1) is 20.8 Å². The minimum atomic E-state index is -0.138. The minimum absolute atomic E-state index is 0.111. The van der Waals surface area contributed by atoms with E-state index in [-0.39, 0.29) is 11.6 Å². The van der Waals surface area contributed by atoms with Crippen molar-refractivity contribution in [1.29, 1.82) is 0 Å². The molecule has 0 amide bonds. The summed E-state index contributed by atoms with van der Waals surface area (Å²) in [6.45, 7) is 7.28. The van der Waals surface area contributed by atoms with Crippen LogP contribution >= 0.6 is 0 Å². The number of rotatable bonds is 0. The molecular formula is C13H13NO2. The van der Waals surface area contributed by atoms with Crippen LogP contribution in [0.5, 0.6) is 0 Å². The third-order valence-electron chi connectivity index (χ3n) is 3.16. The molecule has 0 saturated carbocycles. The SMILES string of the molecule is CC1=CC(=O)c2c(nc(C)c(C)c2C)C1=O. The highest BCUT2D eigenvalue weighted by molar-refractivity contribution is 6.24. The van der Waals surface area contributed by atoms with Gasteiger partial charge in [0.1, 0.15) is 5.69 Å². The zero-order valence-corrected chi connectivity index (χ0v) is 9.84. The first-order valence-corrected chi connectivity index (χ1v) is 5.18. The monoisotopic (exact) mass is 215 g/mol. The van der Waals surface area contributed by atoms with Gasteiger partial charge < -0.3 is 0 Å². The molecule has 0 unspecified atom stereocenters. The van der Waals surface area contributed by atoms with Crippen LogP contribution < -0.4 is 0 Å². The predicted octanol–water partition coefficient (Wildman–Crippen LogP) is 2.33. The molecule has 1 aliphatic carbocycles. The van der Waals surface area contributed by atoms with Gasteiger partial charge in [-0.2, -0.15) is 0 Å². The number of carbonyl (C=O) groups is 2. The number of aromatic nitrogens is 1. The van der Waals surface area contributed by atoms with Crippen molar-refractivity contribution in [3.63, 3.8) is 0 Å². The van der Waals surface area contributed by atoms with Crippen molar-refractivity contribution in [1.82, 2.24) is 4.98 Å². The highest BCUT2D eigenvalue weighted by Gasteiger charge is 2.27. The Kier molecular flexibility index (Phi) is 2.26. The number of carbonyl (C=O) groups excluding carboxylic acids is 2. The molecule has 0 atom stereocenters. The summed E-state index contributed by atoms with van der Waals surface area (Å²) in [4.78, 5) is 28.0. The van der Waals surface area contributed by atoms with E-state index in [9.17, 15) is 9.59 Å². The Morgan fingerprint density at radius 3 is 2.25 bits per heavy atom. The number of Topliss-reactive ketones (excluding diaryl/α,β-unsaturated/α-hetero) is 1. The summed E-state index contributed by atoms with van der Waals surface area (Å²) in [6.07, 6.45) is 1.40. The molecule has 1 heterocycles. The Morgan fingerprint density at radius 1 is 1.00 bits per heavy atom. The van der Waals surface area contributed by atoms with E-state index in [1.807, 2.05) is 20.8 Å². The van der Waals surface area contributed by atoms with Gasteiger partial charge >= 0.3 is 0 Å². The van der Waals surface area contributed by atoms with Gasteiger partial charge in [-0.3, -0.25) is 9.59 Å². The number of ketones is 2. The van der Waals surface area contributed by atoms with E-state index in [0.717, 1.165) is 16.8 Å². The van der Waals surface area contributed by atoms with Crippen LogP contribution in [-0.4, -0.2) is 16.6 Å². The molecule has 0 bridgehead atoms. The molecule has 1 aromatic heterocycles. The molecule has 0 saturated heterocycles. The Balaban J connectivity index is 2.83. The summed E-state index contributed by atoms with van der Waals surface area (Å²) in [7, 11) is 0. The third kappa shape index (κ3) is 1.32. The molecule has 16 heavy (non-hydrogen) atoms. The molecule has 0 radical (unpaired) electrons. The Labute approximate surface area is 94.2 Å². The van der Waals surface area contributed by atoms with Crippen LogP contribution in [0.1, 0.15) is 44.6 Å². The lowest BCUT2D eigenvalue weighted by molar-refractivity contribution is 0.0979. The largest absolute Gasteiger partial charge is 0.289 e. The Bertz CT molecular complexity index is 554. The lowest BCUT2D eigenvalue weighted by Crippen LogP contribution is -2.20. The number of nitrogens with zero attached hydrogens (tertiary/aromatic N) is 1. The molecule has 0 aliphatic heterocycles. The fraction of sp³-hybridized carbons (Fsp3) is 0.308. The van der Waals surface area contributed by atoms with E-state index < -0.39 is 0 Å². The normalized spacial score (nSPS) is 14.9. The van der Waals surface area contributed by atoms with Crippen molar-refractivity contribution < 1.29 is 9.59 Å². The molecule has 0 aromatic carbocycles. The van der Waals surface area contributed by atoms with Crippen LogP contribution in [0.4, 0.5) is 0 Å². The van der Waals surface area contributed by atoms with Crippen LogP contribution in [-0.2, 0) is 0 Å². The maximum absolute atomic E-state index is 11.9. The zero-order valence-electron chi connectivity index (χ0n) is 9.84. The smallest absolute Gasteiger partial charge is 0.207 e. The second-order valence-electron chi connectivity index (χ2n) is 4.19. The van der Waals surface area contributed by atoms with E-state index in [1.54, 1.807) is 6.92 Å². The standard InChI is InChI=1S/C13H13NO2/c1-6-5-10(15)11-8(3)7(2)9(4)14-12(11)13(6)16/h5H,1-4H3. The first-order chi connectivity index (χ1) is 7.43. The first-order valence-electron chi connectivity index (χ1n) is 5.18. The molecule has 82 valence electrons. The van der Waals surface area contributed by atoms with Crippen molar-refractivity contribution in [2.45, 2.75) is 27.7 Å². The number of fused-ring (bicyclic) bond motifs is 1. The molecule has 2 rings (SSSR count). The van der Waals surface area contributed by atoms with Crippen molar-refractivity contribution in [2.75, 3.05) is 0 Å². The average Bonchev–Trinajstić information content (AvgIpc) is 2.22. The maximum Gasteiger partial charge on any atom is 0.207 e. The van der Waals surface area contributed by atoms with E-state index in [0.29, 0.717) is 16.8 Å². The van der Waals surface area contributed by atoms with E-state index in [2.05, 4.69) is 4.98 Å². The second-order valence-corrected chi connectivity index (χ2v) is 4.19. The van der Waals surface area contributed by atoms with Gasteiger partial charge in [0.05, 0.1) is 5.56 Å². The fourth-order valence-corrected chi connectivity index (χ4v) is 1.93. The molecule has 3 nitrogen and oxygen atoms in total. The number of hydrogen-bond donors (Lipinski definition) is 0. The van der Waals surface area contributed by atoms with Crippen LogP contribution in [0.15, 0.2) is 11.6 Å². The second kappa shape index (κ2) is 3.37. The van der Waals surface area contributed by atoms with Gasteiger partial charge in [-0.1, -0.05) is 0 Å². The number of pyridine rings is 1. The number of allylic oxidation sites excluding steroid dienone is 2. The summed E-state index contributed by atoms with van der Waals surface area (Å²) < 4.78 is 0. The molecular weight excluding hydrogens is 202 g/mol. The Morgan fingerprint density at radius 2 is 1.62 bits per heavy atom. The van der Waals surface area contributed by atoms with Gasteiger partial charge in [-0.15, -0.1) is 0 Å². The quantitative estimate of drug-likeness (QED) is 0.667. The summed E-state index contributed by atoms with van der Waals surface area (Å²) in [6, 6.07) is 0. The summed E-state index contributed by atoms with van der Waals surface area (Å²) >= 11 is 0. The molecule has 3 heteroatoms. The van der Waals surface area contributed by atoms with E-state index in [4.69, 9.17) is 0 Å². The van der Waals surface area contributed by atoms with Crippen LogP contribution in [0.3, 0.4) is 0 Å². The van der Waals surface area contributed by atoms with Crippen molar-refractivity contribution in [3.05, 3.63) is 39.7 Å². The molecule has 1 aliphatic rings. The van der Waals surface area contributed by atoms with Crippen LogP contribution in [0.25, 0.3) is 0 Å². The topological polar surface area (TPSA) is 47.0 Å². The van der Waals surface area contributed by atoms with Gasteiger partial charge in [0.2, 0.25) is 5.78 Å². The molecule has 1 aromatic rings. The van der Waals surface area contributed by atoms with Crippen molar-refractivity contribution >= 4 is 11.6 Å². The maximum atomic E-state index is 11.9. The lowest BCUT2D eigenvalue weighted by atomic mass is 9.89. The molecule has 0 N–H and O–H groups in total. The summed E-state index contributed by atoms with van der Waals surface area (Å²) in [5.74, 6) is -0.249. The van der Waals surface area contributed by atoms with Gasteiger partial charge in [-0.25, -0.2) is 4.98 Å². The van der Waals surface area contributed by atoms with E-state index >= 15 is 0 Å². The van der Waals surface area contributed by atoms with Crippen LogP contribution in [0.2, 0.25) is 0 Å². The third-order valence-corrected chi connectivity index (χ3v) is 3.16. The predicted molar refractivity (Wildman–Crippen MR) is 60.9 cm³/mol. The zero-order chi connectivity index (χ0) is 12.0. The van der Waals surface area contributed by atoms with Gasteiger partial charge in [0.15, 0.2) is 5.78 Å². The highest BCUT2D eigenvalue weighted by atomic mass is 16.1. The number of aryl methyl sites for hydroxylation is 1. The van der Waals surface area contributed by atoms with Gasteiger partial charge in [-0.05, 0) is 44.9 Å². The van der Waals surface area contributed by atoms with Crippen molar-refractivity contribution in [3.8, 4) is 0 Å². The molecule has 0 spiro atoms. The van der Waals surface area contributed by atoms with E-state index in [1.165, 1.54) is 6.08 Å². The number of hydrogen-bond acceptors (Lipinski definition) is 3. The van der Waals surface area contributed by atoms with Gasteiger partial charge in [0.25, 0.3) is 0 Å². The summed E-state index contributed by atoms with van der Waals surface area (Å²) in [5.41, 5.74) is 3.90. The highest BCUT2D eigenvalue weighted by Crippen LogP contribution is 2.25.